The Morgan fingerprint density at radius 3 is 2.21 bits per heavy atom. The molecule has 150 valence electrons. The van der Waals surface area contributed by atoms with Gasteiger partial charge in [-0.1, -0.05) is 13.8 Å². The molecule has 0 atom stereocenters. The van der Waals surface area contributed by atoms with Crippen LogP contribution in [0.2, 0.25) is 0 Å². The number of carbonyl (C=O) groups is 5. The van der Waals surface area contributed by atoms with E-state index >= 15 is 0 Å². The lowest BCUT2D eigenvalue weighted by molar-refractivity contribution is -0.146. The minimum absolute atomic E-state index is 0.233. The van der Waals surface area contributed by atoms with E-state index in [-0.39, 0.29) is 5.91 Å². The molecule has 9 heteroatoms. The summed E-state index contributed by atoms with van der Waals surface area (Å²) in [6, 6.07) is 5.45. The third-order valence-electron chi connectivity index (χ3n) is 4.63. The van der Waals surface area contributed by atoms with Crippen LogP contribution in [0.25, 0.3) is 0 Å². The normalized spacial score (nSPS) is 15.2. The fourth-order valence-electron chi connectivity index (χ4n) is 2.90. The van der Waals surface area contributed by atoms with Crippen molar-refractivity contribution in [1.82, 2.24) is 10.2 Å². The molecule has 0 radical (unpaired) electrons. The summed E-state index contributed by atoms with van der Waals surface area (Å²) >= 11 is 0. The van der Waals surface area contributed by atoms with Crippen molar-refractivity contribution in [2.24, 2.45) is 0 Å². The molecule has 0 unspecified atom stereocenters. The van der Waals surface area contributed by atoms with Gasteiger partial charge in [0.2, 0.25) is 5.91 Å². The molecule has 2 rings (SSSR count). The number of benzene rings is 1. The molecule has 1 heterocycles. The van der Waals surface area contributed by atoms with Crippen LogP contribution in [0.15, 0.2) is 24.3 Å². The Hall–Kier alpha value is -3.23. The van der Waals surface area contributed by atoms with Gasteiger partial charge in [0.05, 0.1) is 0 Å². The smallest absolute Gasteiger partial charge is 0.326 e. The Balaban J connectivity index is 1.90. The third kappa shape index (κ3) is 4.54. The zero-order valence-corrected chi connectivity index (χ0v) is 16.0. The molecule has 1 aliphatic heterocycles. The molecule has 1 aromatic rings. The first kappa shape index (κ1) is 21.1. The third-order valence-corrected chi connectivity index (χ3v) is 4.63. The molecule has 0 saturated carbocycles. The number of Topliss-reactive ketones (excluding diaryl/α,β-unsaturated/α-hetero) is 1. The highest BCUT2D eigenvalue weighted by Crippen LogP contribution is 2.24. The number of hydrogen-bond donors (Lipinski definition) is 2. The van der Waals surface area contributed by atoms with Crippen LogP contribution in [0.1, 0.15) is 44.0 Å². The Morgan fingerprint density at radius 2 is 1.71 bits per heavy atom. The van der Waals surface area contributed by atoms with Gasteiger partial charge in [0.15, 0.2) is 12.4 Å². The van der Waals surface area contributed by atoms with Crippen LogP contribution >= 0.6 is 0 Å². The molecule has 1 fully saturated rings. The fourth-order valence-corrected chi connectivity index (χ4v) is 2.90. The minimum Gasteiger partial charge on any atom is -0.456 e. The second-order valence-electron chi connectivity index (χ2n) is 6.45. The van der Waals surface area contributed by atoms with E-state index in [2.05, 4.69) is 10.6 Å². The molecule has 0 aromatic heterocycles. The summed E-state index contributed by atoms with van der Waals surface area (Å²) in [7, 11) is 0. The molecule has 1 aliphatic rings. The molecule has 1 saturated heterocycles. The van der Waals surface area contributed by atoms with Crippen LogP contribution in [0.4, 0.5) is 10.5 Å². The number of amides is 4. The molecule has 1 aromatic carbocycles. The van der Waals surface area contributed by atoms with Gasteiger partial charge in [-0.3, -0.25) is 24.1 Å². The highest BCUT2D eigenvalue weighted by atomic mass is 16.5. The molecule has 0 bridgehead atoms. The monoisotopic (exact) mass is 389 g/mol. The summed E-state index contributed by atoms with van der Waals surface area (Å²) in [6.45, 7) is 3.85. The lowest BCUT2D eigenvalue weighted by atomic mass is 9.93. The summed E-state index contributed by atoms with van der Waals surface area (Å²) in [5.74, 6) is -2.01. The fraction of sp³-hybridized carbons (Fsp3) is 0.421. The maximum absolute atomic E-state index is 12.4. The predicted octanol–water partition coefficient (Wildman–Crippen LogP) is 1.48. The number of ketones is 1. The number of imide groups is 1. The summed E-state index contributed by atoms with van der Waals surface area (Å²) in [4.78, 5) is 60.4. The summed E-state index contributed by atoms with van der Waals surface area (Å²) in [5.41, 5.74) is -0.161. The van der Waals surface area contributed by atoms with E-state index < -0.39 is 42.4 Å². The molecule has 2 N–H and O–H groups in total. The lowest BCUT2D eigenvalue weighted by Crippen LogP contribution is -2.46. The molecule has 4 amide bonds. The van der Waals surface area contributed by atoms with Gasteiger partial charge < -0.3 is 15.4 Å². The first-order valence-corrected chi connectivity index (χ1v) is 8.93. The number of rotatable bonds is 8. The number of anilines is 1. The number of urea groups is 1. The van der Waals surface area contributed by atoms with Crippen molar-refractivity contribution in [2.75, 3.05) is 18.5 Å². The van der Waals surface area contributed by atoms with Crippen molar-refractivity contribution in [3.8, 4) is 0 Å². The quantitative estimate of drug-likeness (QED) is 0.395. The van der Waals surface area contributed by atoms with E-state index in [0.29, 0.717) is 24.1 Å². The largest absolute Gasteiger partial charge is 0.456 e. The van der Waals surface area contributed by atoms with Crippen LogP contribution in [0, 0.1) is 0 Å². The molecule has 0 aliphatic carbocycles. The van der Waals surface area contributed by atoms with Crippen molar-refractivity contribution in [3.05, 3.63) is 29.8 Å². The summed E-state index contributed by atoms with van der Waals surface area (Å²) in [6.07, 6.45) is 0.819. The highest BCUT2D eigenvalue weighted by Gasteiger charge is 2.49. The Labute approximate surface area is 162 Å². The van der Waals surface area contributed by atoms with Gasteiger partial charge in [-0.25, -0.2) is 4.79 Å². The van der Waals surface area contributed by atoms with Crippen LogP contribution in [0.3, 0.4) is 0 Å². The van der Waals surface area contributed by atoms with Gasteiger partial charge in [-0.05, 0) is 37.1 Å². The second-order valence-corrected chi connectivity index (χ2v) is 6.45. The molecular formula is C19H23N3O6. The Bertz CT molecular complexity index is 798. The van der Waals surface area contributed by atoms with E-state index in [1.807, 2.05) is 0 Å². The molecule has 9 nitrogen and oxygen atoms in total. The van der Waals surface area contributed by atoms with Gasteiger partial charge >= 0.3 is 12.0 Å². The van der Waals surface area contributed by atoms with Crippen molar-refractivity contribution in [3.63, 3.8) is 0 Å². The van der Waals surface area contributed by atoms with Crippen molar-refractivity contribution >= 4 is 35.3 Å². The number of esters is 1. The second kappa shape index (κ2) is 8.64. The van der Waals surface area contributed by atoms with E-state index in [1.165, 1.54) is 19.1 Å². The standard InChI is InChI=1S/C19H23N3O6/c1-4-19(5-2)17(26)22(18(27)21-19)10-16(25)28-11-15(24)13-6-8-14(9-7-13)20-12(3)23/h6-9H,4-5,10-11H2,1-3H3,(H,20,23)(H,21,27). The van der Waals surface area contributed by atoms with Crippen LogP contribution in [-0.2, 0) is 19.1 Å². The van der Waals surface area contributed by atoms with Crippen LogP contribution in [0.5, 0.6) is 0 Å². The topological polar surface area (TPSA) is 122 Å². The van der Waals surface area contributed by atoms with E-state index in [4.69, 9.17) is 4.74 Å². The number of nitrogens with zero attached hydrogens (tertiary/aromatic N) is 1. The lowest BCUT2D eigenvalue weighted by Gasteiger charge is -2.22. The molecular weight excluding hydrogens is 366 g/mol. The number of nitrogens with one attached hydrogen (secondary N) is 2. The zero-order valence-electron chi connectivity index (χ0n) is 16.0. The predicted molar refractivity (Wildman–Crippen MR) is 99.6 cm³/mol. The average Bonchev–Trinajstić information content (AvgIpc) is 2.91. The van der Waals surface area contributed by atoms with Gasteiger partial charge in [-0.15, -0.1) is 0 Å². The van der Waals surface area contributed by atoms with Gasteiger partial charge in [0, 0.05) is 18.2 Å². The minimum atomic E-state index is -0.997. The van der Waals surface area contributed by atoms with E-state index in [1.54, 1.807) is 26.0 Å². The van der Waals surface area contributed by atoms with Crippen molar-refractivity contribution in [2.45, 2.75) is 39.2 Å². The van der Waals surface area contributed by atoms with Gasteiger partial charge in [-0.2, -0.15) is 0 Å². The van der Waals surface area contributed by atoms with E-state index in [0.717, 1.165) is 4.90 Å². The van der Waals surface area contributed by atoms with Crippen LogP contribution in [-0.4, -0.2) is 53.2 Å². The molecule has 28 heavy (non-hydrogen) atoms. The van der Waals surface area contributed by atoms with Gasteiger partial charge in [0.25, 0.3) is 5.91 Å². The summed E-state index contributed by atoms with van der Waals surface area (Å²) in [5, 5.41) is 5.19. The average molecular weight is 389 g/mol. The Morgan fingerprint density at radius 1 is 1.11 bits per heavy atom. The maximum Gasteiger partial charge on any atom is 0.326 e. The number of hydrogen-bond acceptors (Lipinski definition) is 6. The van der Waals surface area contributed by atoms with Crippen molar-refractivity contribution < 1.29 is 28.7 Å². The summed E-state index contributed by atoms with van der Waals surface area (Å²) < 4.78 is 4.91. The highest BCUT2D eigenvalue weighted by molar-refractivity contribution is 6.08. The van der Waals surface area contributed by atoms with E-state index in [9.17, 15) is 24.0 Å². The SMILES string of the molecule is CCC1(CC)NC(=O)N(CC(=O)OCC(=O)c2ccc(NC(C)=O)cc2)C1=O. The van der Waals surface area contributed by atoms with Crippen molar-refractivity contribution in [1.29, 1.82) is 0 Å². The number of carbonyl (C=O) groups excluding carboxylic acids is 5. The van der Waals surface area contributed by atoms with Gasteiger partial charge in [0.1, 0.15) is 12.1 Å². The zero-order chi connectivity index (χ0) is 20.9. The first-order chi connectivity index (χ1) is 13.2. The Kier molecular flexibility index (Phi) is 6.50. The first-order valence-electron chi connectivity index (χ1n) is 8.93. The maximum atomic E-state index is 12.4. The number of ether oxygens (including phenoxy) is 1. The van der Waals surface area contributed by atoms with Crippen LogP contribution < -0.4 is 10.6 Å². The molecule has 0 spiro atoms.